The summed E-state index contributed by atoms with van der Waals surface area (Å²) in [5.74, 6) is -0.464. The standard InChI is InChI=1S/C18H15FIN5O2S/c1-10(28)22-8-13-9-25(18(26)27-13)12-3-4-14(15(19)7-12)11-2-5-17(23-24-21)16(20)6-11/h2-7,13H,8-9H2,1H3,(H,22,28). The molecular weight excluding hydrogens is 496 g/mol. The molecule has 2 aromatic carbocycles. The van der Waals surface area contributed by atoms with Crippen molar-refractivity contribution in [2.24, 2.45) is 5.11 Å². The Labute approximate surface area is 179 Å². The lowest BCUT2D eigenvalue weighted by Crippen LogP contribution is -2.32. The van der Waals surface area contributed by atoms with Crippen LogP contribution < -0.4 is 10.2 Å². The maximum absolute atomic E-state index is 14.8. The maximum Gasteiger partial charge on any atom is 0.414 e. The molecule has 28 heavy (non-hydrogen) atoms. The molecule has 10 heteroatoms. The molecule has 0 bridgehead atoms. The number of nitrogens with zero attached hydrogens (tertiary/aromatic N) is 4. The van der Waals surface area contributed by atoms with Crippen molar-refractivity contribution in [1.82, 2.24) is 5.32 Å². The number of benzene rings is 2. The summed E-state index contributed by atoms with van der Waals surface area (Å²) in [5.41, 5.74) is 10.5. The van der Waals surface area contributed by atoms with Gasteiger partial charge in [-0.15, -0.1) is 0 Å². The van der Waals surface area contributed by atoms with Gasteiger partial charge in [0.25, 0.3) is 0 Å². The van der Waals surface area contributed by atoms with Crippen molar-refractivity contribution in [3.8, 4) is 11.1 Å². The highest BCUT2D eigenvalue weighted by Gasteiger charge is 2.32. The summed E-state index contributed by atoms with van der Waals surface area (Å²) >= 11 is 6.98. The Hall–Kier alpha value is -2.43. The minimum Gasteiger partial charge on any atom is -0.442 e. The normalized spacial score (nSPS) is 15.8. The lowest BCUT2D eigenvalue weighted by atomic mass is 10.0. The molecule has 7 nitrogen and oxygen atoms in total. The van der Waals surface area contributed by atoms with Crippen molar-refractivity contribution in [2.75, 3.05) is 18.0 Å². The molecule has 1 amide bonds. The number of ether oxygens (including phenoxy) is 1. The van der Waals surface area contributed by atoms with Gasteiger partial charge in [0.15, 0.2) is 0 Å². The SMILES string of the molecule is CC(=S)NCC1CN(c2ccc(-c3ccc(N=[N+]=[N-])c(I)c3)c(F)c2)C(=O)O1. The highest BCUT2D eigenvalue weighted by Crippen LogP contribution is 2.32. The molecule has 1 atom stereocenters. The Kier molecular flexibility index (Phi) is 6.32. The molecule has 1 aliphatic rings. The fourth-order valence-electron chi connectivity index (χ4n) is 2.81. The van der Waals surface area contributed by atoms with Crippen molar-refractivity contribution < 1.29 is 13.9 Å². The van der Waals surface area contributed by atoms with E-state index in [0.29, 0.717) is 44.1 Å². The maximum atomic E-state index is 14.8. The van der Waals surface area contributed by atoms with Crippen LogP contribution in [0.15, 0.2) is 41.5 Å². The number of anilines is 1. The third-order valence-electron chi connectivity index (χ3n) is 4.13. The zero-order chi connectivity index (χ0) is 20.3. The summed E-state index contributed by atoms with van der Waals surface area (Å²) in [6.45, 7) is 2.47. The molecule has 0 saturated carbocycles. The highest BCUT2D eigenvalue weighted by molar-refractivity contribution is 14.1. The van der Waals surface area contributed by atoms with Crippen LogP contribution in [-0.2, 0) is 4.74 Å². The predicted molar refractivity (Wildman–Crippen MR) is 117 cm³/mol. The van der Waals surface area contributed by atoms with E-state index in [2.05, 4.69) is 15.3 Å². The summed E-state index contributed by atoms with van der Waals surface area (Å²) in [7, 11) is 0. The molecule has 0 radical (unpaired) electrons. The molecule has 1 saturated heterocycles. The fourth-order valence-corrected chi connectivity index (χ4v) is 3.51. The Morgan fingerprint density at radius 1 is 1.46 bits per heavy atom. The van der Waals surface area contributed by atoms with Crippen LogP contribution in [0.2, 0.25) is 0 Å². The minimum atomic E-state index is -0.519. The van der Waals surface area contributed by atoms with Gasteiger partial charge in [0.05, 0.1) is 29.5 Å². The van der Waals surface area contributed by atoms with Crippen LogP contribution in [0.25, 0.3) is 21.6 Å². The summed E-state index contributed by atoms with van der Waals surface area (Å²) < 4.78 is 20.8. The fraction of sp³-hybridized carbons (Fsp3) is 0.222. The van der Waals surface area contributed by atoms with E-state index < -0.39 is 11.9 Å². The molecule has 0 spiro atoms. The largest absolute Gasteiger partial charge is 0.442 e. The second kappa shape index (κ2) is 8.72. The first-order valence-electron chi connectivity index (χ1n) is 8.26. The van der Waals surface area contributed by atoms with Crippen molar-refractivity contribution in [2.45, 2.75) is 13.0 Å². The van der Waals surface area contributed by atoms with Crippen molar-refractivity contribution in [3.05, 3.63) is 56.2 Å². The molecule has 1 heterocycles. The average molecular weight is 511 g/mol. The van der Waals surface area contributed by atoms with Gasteiger partial charge in [0, 0.05) is 14.0 Å². The monoisotopic (exact) mass is 511 g/mol. The molecule has 2 aromatic rings. The van der Waals surface area contributed by atoms with Crippen molar-refractivity contribution in [3.63, 3.8) is 0 Å². The quantitative estimate of drug-likeness (QED) is 0.194. The molecule has 0 aliphatic carbocycles. The van der Waals surface area contributed by atoms with Crippen LogP contribution >= 0.6 is 34.8 Å². The summed E-state index contributed by atoms with van der Waals surface area (Å²) in [6, 6.07) is 9.66. The molecule has 0 aromatic heterocycles. The Balaban J connectivity index is 1.81. The minimum absolute atomic E-state index is 0.312. The van der Waals surface area contributed by atoms with E-state index in [0.717, 1.165) is 0 Å². The van der Waals surface area contributed by atoms with Gasteiger partial charge in [-0.1, -0.05) is 29.5 Å². The van der Waals surface area contributed by atoms with Gasteiger partial charge >= 0.3 is 6.09 Å². The average Bonchev–Trinajstić information content (AvgIpc) is 3.02. The van der Waals surface area contributed by atoms with Crippen LogP contribution in [0.3, 0.4) is 0 Å². The number of cyclic esters (lactones) is 1. The number of carbonyl (C=O) groups excluding carboxylic acids is 1. The highest BCUT2D eigenvalue weighted by atomic mass is 127. The third kappa shape index (κ3) is 4.51. The second-order valence-corrected chi connectivity index (χ2v) is 7.85. The molecule has 1 N–H and O–H groups in total. The van der Waals surface area contributed by atoms with E-state index in [9.17, 15) is 9.18 Å². The number of azide groups is 1. The number of hydrogen-bond acceptors (Lipinski definition) is 4. The second-order valence-electron chi connectivity index (χ2n) is 6.07. The van der Waals surface area contributed by atoms with Gasteiger partial charge in [-0.25, -0.2) is 9.18 Å². The molecule has 1 unspecified atom stereocenters. The van der Waals surface area contributed by atoms with Gasteiger partial charge in [0.1, 0.15) is 11.9 Å². The van der Waals surface area contributed by atoms with Crippen LogP contribution in [0, 0.1) is 9.39 Å². The number of halogens is 2. The molecule has 1 aliphatic heterocycles. The van der Waals surface area contributed by atoms with Crippen LogP contribution in [0.1, 0.15) is 6.92 Å². The van der Waals surface area contributed by atoms with E-state index in [1.165, 1.54) is 11.0 Å². The smallest absolute Gasteiger partial charge is 0.414 e. The zero-order valence-corrected chi connectivity index (χ0v) is 17.7. The Morgan fingerprint density at radius 3 is 2.89 bits per heavy atom. The molecule has 3 rings (SSSR count). The van der Waals surface area contributed by atoms with Gasteiger partial charge < -0.3 is 10.1 Å². The molecular formula is C18H15FIN5O2S. The van der Waals surface area contributed by atoms with Crippen LogP contribution in [0.4, 0.5) is 20.6 Å². The van der Waals surface area contributed by atoms with Crippen molar-refractivity contribution in [1.29, 1.82) is 0 Å². The van der Waals surface area contributed by atoms with E-state index in [1.807, 2.05) is 22.6 Å². The Bertz CT molecular complexity index is 996. The number of rotatable bonds is 5. The lowest BCUT2D eigenvalue weighted by molar-refractivity contribution is 0.143. The third-order valence-corrected chi connectivity index (χ3v) is 5.14. The van der Waals surface area contributed by atoms with E-state index in [-0.39, 0.29) is 6.10 Å². The number of amides is 1. The topological polar surface area (TPSA) is 90.3 Å². The number of nitrogens with one attached hydrogen (secondary N) is 1. The Morgan fingerprint density at radius 2 is 2.25 bits per heavy atom. The first-order chi connectivity index (χ1) is 13.4. The summed E-state index contributed by atoms with van der Waals surface area (Å²) in [4.78, 5) is 16.9. The van der Waals surface area contributed by atoms with E-state index in [4.69, 9.17) is 22.5 Å². The first kappa shape index (κ1) is 20.3. The number of thiocarbonyl (C=S) groups is 1. The summed E-state index contributed by atoms with van der Waals surface area (Å²) in [5, 5.41) is 6.54. The summed E-state index contributed by atoms with van der Waals surface area (Å²) in [6.07, 6.45) is -0.878. The van der Waals surface area contributed by atoms with Crippen LogP contribution in [-0.4, -0.2) is 30.3 Å². The number of carbonyl (C=O) groups is 1. The lowest BCUT2D eigenvalue weighted by Gasteiger charge is -2.15. The van der Waals surface area contributed by atoms with E-state index in [1.54, 1.807) is 37.3 Å². The predicted octanol–water partition coefficient (Wildman–Crippen LogP) is 5.30. The van der Waals surface area contributed by atoms with Crippen molar-refractivity contribution >= 4 is 57.3 Å². The molecule has 1 fully saturated rings. The van der Waals surface area contributed by atoms with E-state index >= 15 is 0 Å². The van der Waals surface area contributed by atoms with Crippen LogP contribution in [0.5, 0.6) is 0 Å². The zero-order valence-electron chi connectivity index (χ0n) is 14.7. The molecule has 144 valence electrons. The van der Waals surface area contributed by atoms with Gasteiger partial charge in [0.2, 0.25) is 0 Å². The van der Waals surface area contributed by atoms with Gasteiger partial charge in [-0.2, -0.15) is 0 Å². The first-order valence-corrected chi connectivity index (χ1v) is 9.75. The van der Waals surface area contributed by atoms with Gasteiger partial charge in [-0.05, 0) is 64.9 Å². The van der Waals surface area contributed by atoms with Gasteiger partial charge in [-0.3, -0.25) is 4.90 Å². The number of hydrogen-bond donors (Lipinski definition) is 1.